The second-order valence-corrected chi connectivity index (χ2v) is 3.09. The van der Waals surface area contributed by atoms with Crippen molar-refractivity contribution in [1.29, 1.82) is 0 Å². The minimum absolute atomic E-state index is 0.0849. The van der Waals surface area contributed by atoms with E-state index in [2.05, 4.69) is 0 Å². The maximum Gasteiger partial charge on any atom is 0.313 e. The molecule has 0 aliphatic rings. The van der Waals surface area contributed by atoms with E-state index in [1.165, 1.54) is 12.1 Å². The van der Waals surface area contributed by atoms with Crippen LogP contribution in [0.1, 0.15) is 11.5 Å². The highest BCUT2D eigenvalue weighted by Crippen LogP contribution is 2.26. The molecule has 1 aromatic carbocycles. The van der Waals surface area contributed by atoms with Gasteiger partial charge in [0.25, 0.3) is 0 Å². The summed E-state index contributed by atoms with van der Waals surface area (Å²) in [6, 6.07) is 3.85. The first kappa shape index (κ1) is 10.9. The molecule has 3 nitrogen and oxygen atoms in total. The first-order chi connectivity index (χ1) is 6.57. The summed E-state index contributed by atoms with van der Waals surface area (Å²) >= 11 is 5.56. The average Bonchev–Trinajstić information content (AvgIpc) is 2.13. The van der Waals surface area contributed by atoms with Gasteiger partial charge in [-0.2, -0.15) is 0 Å². The molecule has 0 saturated carbocycles. The molecule has 0 saturated heterocycles. The van der Waals surface area contributed by atoms with E-state index in [9.17, 15) is 9.18 Å². The number of halogens is 2. The number of aliphatic hydroxyl groups is 1. The van der Waals surface area contributed by atoms with Crippen LogP contribution in [-0.4, -0.2) is 22.8 Å². The number of hydrogen-bond donors (Lipinski definition) is 2. The molecule has 0 spiro atoms. The van der Waals surface area contributed by atoms with Crippen molar-refractivity contribution in [1.82, 2.24) is 0 Å². The van der Waals surface area contributed by atoms with Crippen LogP contribution in [0, 0.1) is 5.82 Å². The second-order valence-electron chi connectivity index (χ2n) is 2.72. The van der Waals surface area contributed by atoms with Crippen molar-refractivity contribution in [2.45, 2.75) is 5.92 Å². The second kappa shape index (κ2) is 4.39. The first-order valence-corrected chi connectivity index (χ1v) is 4.23. The fraction of sp³-hybridized carbons (Fsp3) is 0.222. The molecule has 14 heavy (non-hydrogen) atoms. The lowest BCUT2D eigenvalue weighted by atomic mass is 10.0. The van der Waals surface area contributed by atoms with Crippen LogP contribution in [0.15, 0.2) is 18.2 Å². The van der Waals surface area contributed by atoms with Crippen molar-refractivity contribution in [2.75, 3.05) is 6.61 Å². The Bertz CT molecular complexity index is 354. The number of carbonyl (C=O) groups is 1. The predicted octanol–water partition coefficient (Wildman–Crippen LogP) is 1.64. The summed E-state index contributed by atoms with van der Waals surface area (Å²) in [4.78, 5) is 10.7. The zero-order valence-corrected chi connectivity index (χ0v) is 7.83. The molecule has 1 atom stereocenters. The fourth-order valence-corrected chi connectivity index (χ4v) is 1.36. The lowest BCUT2D eigenvalue weighted by Gasteiger charge is -2.11. The van der Waals surface area contributed by atoms with Crippen molar-refractivity contribution in [2.24, 2.45) is 0 Å². The Morgan fingerprint density at radius 1 is 1.57 bits per heavy atom. The molecule has 0 bridgehead atoms. The summed E-state index contributed by atoms with van der Waals surface area (Å²) < 4.78 is 12.9. The normalized spacial score (nSPS) is 12.5. The Balaban J connectivity index is 3.16. The highest BCUT2D eigenvalue weighted by Gasteiger charge is 2.22. The third-order valence-electron chi connectivity index (χ3n) is 1.84. The molecule has 0 amide bonds. The molecule has 5 heteroatoms. The third-order valence-corrected chi connectivity index (χ3v) is 2.24. The van der Waals surface area contributed by atoms with Crippen LogP contribution in [0.3, 0.4) is 0 Å². The lowest BCUT2D eigenvalue weighted by Crippen LogP contribution is -2.16. The summed E-state index contributed by atoms with van der Waals surface area (Å²) in [6.45, 7) is -0.613. The summed E-state index contributed by atoms with van der Waals surface area (Å²) in [6.07, 6.45) is 0. The van der Waals surface area contributed by atoms with E-state index in [0.29, 0.717) is 0 Å². The largest absolute Gasteiger partial charge is 0.481 e. The topological polar surface area (TPSA) is 57.5 Å². The molecule has 2 N–H and O–H groups in total. The van der Waals surface area contributed by atoms with Gasteiger partial charge >= 0.3 is 5.97 Å². The van der Waals surface area contributed by atoms with Gasteiger partial charge in [0, 0.05) is 0 Å². The van der Waals surface area contributed by atoms with E-state index in [4.69, 9.17) is 21.8 Å². The van der Waals surface area contributed by atoms with Gasteiger partial charge in [-0.15, -0.1) is 0 Å². The van der Waals surface area contributed by atoms with Crippen LogP contribution in [0.5, 0.6) is 0 Å². The SMILES string of the molecule is O=C(O)[C@H](CO)c1cccc(F)c1Cl. The monoisotopic (exact) mass is 218 g/mol. The van der Waals surface area contributed by atoms with Gasteiger partial charge in [-0.05, 0) is 11.6 Å². The molecular formula is C9H8ClFO3. The van der Waals surface area contributed by atoms with E-state index in [-0.39, 0.29) is 10.6 Å². The molecule has 1 aromatic rings. The number of carboxylic acids is 1. The fourth-order valence-electron chi connectivity index (χ4n) is 1.10. The van der Waals surface area contributed by atoms with Crippen LogP contribution in [0.25, 0.3) is 0 Å². The van der Waals surface area contributed by atoms with Crippen molar-refractivity contribution >= 4 is 17.6 Å². The molecule has 0 radical (unpaired) electrons. The number of rotatable bonds is 3. The van der Waals surface area contributed by atoms with Gasteiger partial charge in [0.15, 0.2) is 0 Å². The van der Waals surface area contributed by atoms with Crippen LogP contribution in [0.4, 0.5) is 4.39 Å². The number of aliphatic hydroxyl groups excluding tert-OH is 1. The smallest absolute Gasteiger partial charge is 0.313 e. The van der Waals surface area contributed by atoms with E-state index < -0.39 is 24.3 Å². The van der Waals surface area contributed by atoms with Crippen LogP contribution < -0.4 is 0 Å². The van der Waals surface area contributed by atoms with Crippen LogP contribution >= 0.6 is 11.6 Å². The summed E-state index contributed by atoms with van der Waals surface area (Å²) in [5.74, 6) is -3.11. The first-order valence-electron chi connectivity index (χ1n) is 3.85. The highest BCUT2D eigenvalue weighted by molar-refractivity contribution is 6.31. The molecular weight excluding hydrogens is 211 g/mol. The van der Waals surface area contributed by atoms with Crippen molar-refractivity contribution in [3.63, 3.8) is 0 Å². The number of aliphatic carboxylic acids is 1. The van der Waals surface area contributed by atoms with E-state index in [0.717, 1.165) is 6.07 Å². The zero-order chi connectivity index (χ0) is 10.7. The van der Waals surface area contributed by atoms with Gasteiger partial charge in [-0.3, -0.25) is 4.79 Å². The van der Waals surface area contributed by atoms with Crippen LogP contribution in [-0.2, 0) is 4.79 Å². The van der Waals surface area contributed by atoms with Crippen molar-refractivity contribution < 1.29 is 19.4 Å². The molecule has 0 aromatic heterocycles. The third kappa shape index (κ3) is 2.02. The van der Waals surface area contributed by atoms with Gasteiger partial charge in [-0.1, -0.05) is 23.7 Å². The summed E-state index contributed by atoms with van der Waals surface area (Å²) in [5.41, 5.74) is 0.0849. The maximum absolute atomic E-state index is 12.9. The Morgan fingerprint density at radius 2 is 2.21 bits per heavy atom. The molecule has 0 aliphatic carbocycles. The van der Waals surface area contributed by atoms with Gasteiger partial charge in [0.2, 0.25) is 0 Å². The van der Waals surface area contributed by atoms with Gasteiger partial charge < -0.3 is 10.2 Å². The number of hydrogen-bond acceptors (Lipinski definition) is 2. The predicted molar refractivity (Wildman–Crippen MR) is 48.9 cm³/mol. The minimum atomic E-state index is -1.24. The Morgan fingerprint density at radius 3 is 2.71 bits per heavy atom. The zero-order valence-electron chi connectivity index (χ0n) is 7.08. The van der Waals surface area contributed by atoms with Gasteiger partial charge in [-0.25, -0.2) is 4.39 Å². The van der Waals surface area contributed by atoms with E-state index in [1.54, 1.807) is 0 Å². The molecule has 0 aliphatic heterocycles. The quantitative estimate of drug-likeness (QED) is 0.811. The maximum atomic E-state index is 12.9. The Hall–Kier alpha value is -1.13. The molecule has 0 heterocycles. The molecule has 76 valence electrons. The number of carboxylic acid groups (broad SMARTS) is 1. The van der Waals surface area contributed by atoms with Crippen LogP contribution in [0.2, 0.25) is 5.02 Å². The van der Waals surface area contributed by atoms with E-state index >= 15 is 0 Å². The Labute approximate surface area is 84.7 Å². The van der Waals surface area contributed by atoms with Crippen molar-refractivity contribution in [3.8, 4) is 0 Å². The van der Waals surface area contributed by atoms with Crippen molar-refractivity contribution in [3.05, 3.63) is 34.6 Å². The summed E-state index contributed by atoms with van der Waals surface area (Å²) in [5, 5.41) is 17.2. The lowest BCUT2D eigenvalue weighted by molar-refractivity contribution is -0.139. The standard InChI is InChI=1S/C9H8ClFO3/c10-8-5(2-1-3-7(8)11)6(4-12)9(13)14/h1-3,6,12H,4H2,(H,13,14)/t6-/m1/s1. The molecule has 0 fully saturated rings. The van der Waals surface area contributed by atoms with E-state index in [1.807, 2.05) is 0 Å². The number of benzene rings is 1. The van der Waals surface area contributed by atoms with Gasteiger partial charge in [0.1, 0.15) is 11.7 Å². The Kier molecular flexibility index (Phi) is 3.43. The molecule has 1 rings (SSSR count). The summed E-state index contributed by atoms with van der Waals surface area (Å²) in [7, 11) is 0. The van der Waals surface area contributed by atoms with Gasteiger partial charge in [0.05, 0.1) is 11.6 Å². The highest BCUT2D eigenvalue weighted by atomic mass is 35.5. The minimum Gasteiger partial charge on any atom is -0.481 e. The average molecular weight is 219 g/mol. The molecule has 0 unspecified atom stereocenters.